The van der Waals surface area contributed by atoms with Crippen molar-refractivity contribution in [2.45, 2.75) is 6.92 Å². The van der Waals surface area contributed by atoms with Gasteiger partial charge in [-0.3, -0.25) is 9.78 Å². The second-order valence-corrected chi connectivity index (χ2v) is 2.16. The van der Waals surface area contributed by atoms with Crippen LogP contribution in [0.1, 0.15) is 12.6 Å². The topological polar surface area (TPSA) is 54.4 Å². The number of pyridine rings is 1. The van der Waals surface area contributed by atoms with E-state index in [1.807, 2.05) is 18.2 Å². The van der Waals surface area contributed by atoms with Crippen LogP contribution in [-0.4, -0.2) is 17.1 Å². The van der Waals surface area contributed by atoms with Gasteiger partial charge in [0.15, 0.2) is 0 Å². The van der Waals surface area contributed by atoms with Crippen molar-refractivity contribution >= 4 is 12.1 Å². The first-order chi connectivity index (χ1) is 5.84. The van der Waals surface area contributed by atoms with Crippen LogP contribution < -0.4 is 5.43 Å². The number of carbonyl (C=O) groups is 1. The van der Waals surface area contributed by atoms with Crippen LogP contribution in [-0.2, 0) is 4.79 Å². The van der Waals surface area contributed by atoms with E-state index in [1.54, 1.807) is 13.1 Å². The Morgan fingerprint density at radius 3 is 3.08 bits per heavy atom. The summed E-state index contributed by atoms with van der Waals surface area (Å²) in [6.45, 7) is 1.78. The van der Waals surface area contributed by atoms with Crippen LogP contribution >= 0.6 is 0 Å². The highest BCUT2D eigenvalue weighted by atomic mass is 16.1. The molecule has 12 heavy (non-hydrogen) atoms. The lowest BCUT2D eigenvalue weighted by atomic mass is 10.3. The van der Waals surface area contributed by atoms with Crippen molar-refractivity contribution < 1.29 is 4.79 Å². The number of nitrogens with zero attached hydrogens (tertiary/aromatic N) is 2. The van der Waals surface area contributed by atoms with Gasteiger partial charge in [0.1, 0.15) is 0 Å². The lowest BCUT2D eigenvalue weighted by Gasteiger charge is -1.96. The van der Waals surface area contributed by atoms with Gasteiger partial charge in [-0.05, 0) is 19.1 Å². The average Bonchev–Trinajstić information content (AvgIpc) is 2.15. The fourth-order valence-corrected chi connectivity index (χ4v) is 0.757. The highest BCUT2D eigenvalue weighted by Gasteiger charge is 1.95. The van der Waals surface area contributed by atoms with Gasteiger partial charge >= 0.3 is 0 Å². The number of rotatable bonds is 3. The first-order valence-electron chi connectivity index (χ1n) is 3.49. The summed E-state index contributed by atoms with van der Waals surface area (Å²) in [5, 5.41) is 3.75. The summed E-state index contributed by atoms with van der Waals surface area (Å²) >= 11 is 0. The van der Waals surface area contributed by atoms with Gasteiger partial charge in [0, 0.05) is 6.20 Å². The molecule has 0 radical (unpaired) electrons. The second kappa shape index (κ2) is 4.23. The molecule has 0 saturated carbocycles. The van der Waals surface area contributed by atoms with E-state index in [0.717, 1.165) is 5.69 Å². The molecule has 0 aliphatic rings. The van der Waals surface area contributed by atoms with E-state index in [0.29, 0.717) is 12.1 Å². The Kier molecular flexibility index (Phi) is 2.95. The lowest BCUT2D eigenvalue weighted by molar-refractivity contribution is -0.109. The van der Waals surface area contributed by atoms with Gasteiger partial charge in [-0.15, -0.1) is 0 Å². The SMILES string of the molecule is CC(=NNC=O)c1ccccn1. The van der Waals surface area contributed by atoms with Gasteiger partial charge in [0.25, 0.3) is 0 Å². The van der Waals surface area contributed by atoms with Crippen molar-refractivity contribution in [2.75, 3.05) is 0 Å². The van der Waals surface area contributed by atoms with Gasteiger partial charge in [-0.1, -0.05) is 6.07 Å². The van der Waals surface area contributed by atoms with Crippen molar-refractivity contribution in [2.24, 2.45) is 5.10 Å². The molecule has 1 aromatic rings. The third kappa shape index (κ3) is 2.16. The number of hydrazone groups is 1. The fourth-order valence-electron chi connectivity index (χ4n) is 0.757. The van der Waals surface area contributed by atoms with Crippen LogP contribution in [0.4, 0.5) is 0 Å². The van der Waals surface area contributed by atoms with Crippen molar-refractivity contribution in [3.63, 3.8) is 0 Å². The van der Waals surface area contributed by atoms with Crippen molar-refractivity contribution in [1.82, 2.24) is 10.4 Å². The normalized spacial score (nSPS) is 10.9. The Hall–Kier alpha value is -1.71. The second-order valence-electron chi connectivity index (χ2n) is 2.16. The number of nitrogens with one attached hydrogen (secondary N) is 1. The Bertz CT molecular complexity index is 282. The van der Waals surface area contributed by atoms with Crippen LogP contribution in [0.25, 0.3) is 0 Å². The minimum Gasteiger partial charge on any atom is -0.277 e. The molecule has 4 heteroatoms. The minimum atomic E-state index is 0.520. The molecule has 0 aliphatic carbocycles. The molecule has 0 atom stereocenters. The van der Waals surface area contributed by atoms with Crippen molar-refractivity contribution in [1.29, 1.82) is 0 Å². The zero-order valence-corrected chi connectivity index (χ0v) is 6.69. The molecule has 0 fully saturated rings. The number of amides is 1. The van der Waals surface area contributed by atoms with Crippen LogP contribution in [0.5, 0.6) is 0 Å². The van der Waals surface area contributed by atoms with Crippen molar-refractivity contribution in [3.8, 4) is 0 Å². The molecule has 1 rings (SSSR count). The van der Waals surface area contributed by atoms with E-state index in [-0.39, 0.29) is 0 Å². The molecule has 0 bridgehead atoms. The van der Waals surface area contributed by atoms with Gasteiger partial charge in [0.05, 0.1) is 11.4 Å². The van der Waals surface area contributed by atoms with E-state index in [4.69, 9.17) is 0 Å². The Morgan fingerprint density at radius 1 is 1.67 bits per heavy atom. The summed E-state index contributed by atoms with van der Waals surface area (Å²) in [6.07, 6.45) is 2.20. The van der Waals surface area contributed by atoms with Crippen LogP contribution in [0.3, 0.4) is 0 Å². The smallest absolute Gasteiger partial charge is 0.227 e. The maximum Gasteiger partial charge on any atom is 0.227 e. The van der Waals surface area contributed by atoms with Gasteiger partial charge in [0.2, 0.25) is 6.41 Å². The third-order valence-electron chi connectivity index (χ3n) is 1.32. The predicted octanol–water partition coefficient (Wildman–Crippen LogP) is 0.552. The lowest BCUT2D eigenvalue weighted by Crippen LogP contribution is -2.07. The van der Waals surface area contributed by atoms with Crippen molar-refractivity contribution in [3.05, 3.63) is 30.1 Å². The van der Waals surface area contributed by atoms with Crippen LogP contribution in [0, 0.1) is 0 Å². The molecular weight excluding hydrogens is 154 g/mol. The zero-order chi connectivity index (χ0) is 8.81. The monoisotopic (exact) mass is 163 g/mol. The van der Waals surface area contributed by atoms with E-state index in [9.17, 15) is 4.79 Å². The molecule has 0 saturated heterocycles. The number of aromatic nitrogens is 1. The van der Waals surface area contributed by atoms with E-state index >= 15 is 0 Å². The molecule has 0 spiro atoms. The molecule has 1 heterocycles. The highest BCUT2D eigenvalue weighted by molar-refractivity contribution is 5.96. The molecule has 0 aromatic carbocycles. The summed E-state index contributed by atoms with van der Waals surface area (Å²) in [6, 6.07) is 5.51. The summed E-state index contributed by atoms with van der Waals surface area (Å²) in [5.74, 6) is 0. The fraction of sp³-hybridized carbons (Fsp3) is 0.125. The predicted molar refractivity (Wildman–Crippen MR) is 45.6 cm³/mol. The quantitative estimate of drug-likeness (QED) is 0.402. The molecule has 1 amide bonds. The van der Waals surface area contributed by atoms with Gasteiger partial charge in [-0.2, -0.15) is 5.10 Å². The standard InChI is InChI=1S/C8H9N3O/c1-7(11-10-6-12)8-4-2-3-5-9-8/h2-6H,1H3,(H,10,12). The summed E-state index contributed by atoms with van der Waals surface area (Å²) in [7, 11) is 0. The van der Waals surface area contributed by atoms with E-state index in [1.165, 1.54) is 0 Å². The molecule has 4 nitrogen and oxygen atoms in total. The van der Waals surface area contributed by atoms with Crippen LogP contribution in [0.15, 0.2) is 29.5 Å². The van der Waals surface area contributed by atoms with E-state index in [2.05, 4.69) is 15.5 Å². The zero-order valence-electron chi connectivity index (χ0n) is 6.69. The third-order valence-corrected chi connectivity index (χ3v) is 1.32. The number of carbonyl (C=O) groups excluding carboxylic acids is 1. The number of hydrogen-bond acceptors (Lipinski definition) is 3. The first kappa shape index (κ1) is 8.39. The Balaban J connectivity index is 2.77. The maximum atomic E-state index is 9.90. The Morgan fingerprint density at radius 2 is 2.50 bits per heavy atom. The minimum absolute atomic E-state index is 0.520. The first-order valence-corrected chi connectivity index (χ1v) is 3.49. The molecular formula is C8H9N3O. The molecule has 0 aliphatic heterocycles. The Labute approximate surface area is 70.3 Å². The van der Waals surface area contributed by atoms with E-state index < -0.39 is 0 Å². The van der Waals surface area contributed by atoms with Crippen LogP contribution in [0.2, 0.25) is 0 Å². The summed E-state index contributed by atoms with van der Waals surface area (Å²) in [5.41, 5.74) is 3.65. The van der Waals surface area contributed by atoms with Gasteiger partial charge < -0.3 is 0 Å². The molecule has 0 unspecified atom stereocenters. The largest absolute Gasteiger partial charge is 0.277 e. The average molecular weight is 163 g/mol. The van der Waals surface area contributed by atoms with Gasteiger partial charge in [-0.25, -0.2) is 5.43 Å². The number of hydrogen-bond donors (Lipinski definition) is 1. The highest BCUT2D eigenvalue weighted by Crippen LogP contribution is 1.94. The molecule has 62 valence electrons. The molecule has 1 aromatic heterocycles. The molecule has 1 N–H and O–H groups in total. The summed E-state index contributed by atoms with van der Waals surface area (Å²) in [4.78, 5) is 13.9. The maximum absolute atomic E-state index is 9.90. The summed E-state index contributed by atoms with van der Waals surface area (Å²) < 4.78 is 0.